The molecule has 0 saturated heterocycles. The van der Waals surface area contributed by atoms with Crippen LogP contribution in [0.15, 0.2) is 87.4 Å². The van der Waals surface area contributed by atoms with Crippen LogP contribution >= 0.6 is 35.3 Å². The second kappa shape index (κ2) is 9.49. The highest BCUT2D eigenvalue weighted by atomic mass is 32.2. The highest BCUT2D eigenvalue weighted by Crippen LogP contribution is 2.26. The zero-order chi connectivity index (χ0) is 23.7. The van der Waals surface area contributed by atoms with Crippen molar-refractivity contribution >= 4 is 51.4 Å². The molecule has 6 nitrogen and oxygen atoms in total. The van der Waals surface area contributed by atoms with Gasteiger partial charge in [-0.2, -0.15) is 0 Å². The minimum atomic E-state index is -0.417. The fourth-order valence-corrected chi connectivity index (χ4v) is 5.58. The van der Waals surface area contributed by atoms with Gasteiger partial charge >= 0.3 is 0 Å². The molecule has 0 aliphatic heterocycles. The molecular formula is C24H16FN3O3S3. The number of carbonyl (C=O) groups excluding carboxylic acids is 1. The van der Waals surface area contributed by atoms with Gasteiger partial charge in [-0.3, -0.25) is 18.7 Å². The van der Waals surface area contributed by atoms with Gasteiger partial charge in [0, 0.05) is 5.56 Å². The fraction of sp³-hybridized carbons (Fsp3) is 0.0833. The lowest BCUT2D eigenvalue weighted by Crippen LogP contribution is -2.22. The van der Waals surface area contributed by atoms with Gasteiger partial charge < -0.3 is 4.42 Å². The third-order valence-corrected chi connectivity index (χ3v) is 7.43. The van der Waals surface area contributed by atoms with Gasteiger partial charge in [0.05, 0.1) is 24.2 Å². The Kier molecular flexibility index (Phi) is 6.27. The van der Waals surface area contributed by atoms with Crippen molar-refractivity contribution in [3.05, 3.63) is 104 Å². The number of hydrogen-bond acceptors (Lipinski definition) is 7. The predicted molar refractivity (Wildman–Crippen MR) is 133 cm³/mol. The topological polar surface area (TPSA) is 70.0 Å². The maximum Gasteiger partial charge on any atom is 0.278 e. The number of Topliss-reactive ketones (excluding diaryl/α,β-unsaturated/α-hetero) is 1. The molecule has 0 N–H and O–H groups in total. The molecule has 5 rings (SSSR count). The van der Waals surface area contributed by atoms with Crippen molar-refractivity contribution in [3.63, 3.8) is 0 Å². The van der Waals surface area contributed by atoms with E-state index in [0.29, 0.717) is 43.0 Å². The molecule has 0 radical (unpaired) electrons. The summed E-state index contributed by atoms with van der Waals surface area (Å²) >= 11 is 7.82. The van der Waals surface area contributed by atoms with Crippen LogP contribution in [0.2, 0.25) is 0 Å². The zero-order valence-electron chi connectivity index (χ0n) is 17.5. The molecule has 10 heteroatoms. The Balaban J connectivity index is 1.63. The summed E-state index contributed by atoms with van der Waals surface area (Å²) in [6, 6.07) is 18.1. The minimum Gasteiger partial charge on any atom is -0.467 e. The van der Waals surface area contributed by atoms with Gasteiger partial charge in [-0.1, -0.05) is 53.4 Å². The van der Waals surface area contributed by atoms with E-state index in [1.807, 2.05) is 12.1 Å². The van der Waals surface area contributed by atoms with E-state index in [0.717, 1.165) is 23.1 Å². The lowest BCUT2D eigenvalue weighted by molar-refractivity contribution is 0.102. The molecule has 5 aromatic rings. The number of thioether (sulfide) groups is 1. The normalized spacial score (nSPS) is 11.2. The molecule has 3 aromatic heterocycles. The number of ketones is 1. The van der Waals surface area contributed by atoms with Crippen LogP contribution in [-0.4, -0.2) is 25.7 Å². The van der Waals surface area contributed by atoms with Crippen molar-refractivity contribution < 1.29 is 13.6 Å². The number of thiazole rings is 1. The highest BCUT2D eigenvalue weighted by Gasteiger charge is 2.20. The predicted octanol–water partition coefficient (Wildman–Crippen LogP) is 5.73. The molecular weight excluding hydrogens is 493 g/mol. The van der Waals surface area contributed by atoms with Crippen molar-refractivity contribution in [2.24, 2.45) is 0 Å². The molecule has 0 aliphatic rings. The Hall–Kier alpha value is -3.34. The maximum atomic E-state index is 13.6. The summed E-state index contributed by atoms with van der Waals surface area (Å²) in [5.74, 6) is 0.239. The van der Waals surface area contributed by atoms with E-state index in [1.54, 1.807) is 41.2 Å². The van der Waals surface area contributed by atoms with Gasteiger partial charge in [0.2, 0.25) is 0 Å². The van der Waals surface area contributed by atoms with Gasteiger partial charge in [-0.05, 0) is 48.6 Å². The lowest BCUT2D eigenvalue weighted by Gasteiger charge is -2.12. The first-order chi connectivity index (χ1) is 16.5. The Labute approximate surface area is 206 Å². The Morgan fingerprint density at radius 2 is 1.85 bits per heavy atom. The number of nitrogens with zero attached hydrogens (tertiary/aromatic N) is 3. The lowest BCUT2D eigenvalue weighted by atomic mass is 10.2. The van der Waals surface area contributed by atoms with Crippen molar-refractivity contribution in [1.29, 1.82) is 0 Å². The molecule has 0 aliphatic carbocycles. The largest absolute Gasteiger partial charge is 0.467 e. The van der Waals surface area contributed by atoms with E-state index in [-0.39, 0.29) is 17.1 Å². The van der Waals surface area contributed by atoms with Crippen LogP contribution in [-0.2, 0) is 6.54 Å². The van der Waals surface area contributed by atoms with Crippen LogP contribution < -0.4 is 5.56 Å². The van der Waals surface area contributed by atoms with Gasteiger partial charge in [0.15, 0.2) is 20.5 Å². The quantitative estimate of drug-likeness (QED) is 0.121. The molecule has 0 unspecified atom stereocenters. The summed E-state index contributed by atoms with van der Waals surface area (Å²) in [4.78, 5) is 31.0. The Morgan fingerprint density at radius 1 is 1.09 bits per heavy atom. The van der Waals surface area contributed by atoms with Crippen LogP contribution in [0.3, 0.4) is 0 Å². The van der Waals surface area contributed by atoms with E-state index in [4.69, 9.17) is 21.6 Å². The molecule has 0 saturated carbocycles. The molecule has 170 valence electrons. The number of carbonyl (C=O) groups is 1. The zero-order valence-corrected chi connectivity index (χ0v) is 20.0. The van der Waals surface area contributed by atoms with E-state index in [2.05, 4.69) is 0 Å². The molecule has 0 bridgehead atoms. The fourth-order valence-electron chi connectivity index (χ4n) is 3.43. The molecule has 0 spiro atoms. The van der Waals surface area contributed by atoms with Gasteiger partial charge in [-0.15, -0.1) is 0 Å². The second-order valence-corrected chi connectivity index (χ2v) is 9.86. The van der Waals surface area contributed by atoms with Crippen LogP contribution in [0.4, 0.5) is 4.39 Å². The summed E-state index contributed by atoms with van der Waals surface area (Å²) < 4.78 is 23.0. The van der Waals surface area contributed by atoms with Crippen molar-refractivity contribution in [3.8, 4) is 5.69 Å². The van der Waals surface area contributed by atoms with Crippen molar-refractivity contribution in [1.82, 2.24) is 14.1 Å². The first-order valence-corrected chi connectivity index (χ1v) is 12.4. The van der Waals surface area contributed by atoms with Gasteiger partial charge in [0.25, 0.3) is 5.56 Å². The molecule has 2 aromatic carbocycles. The molecule has 3 heterocycles. The number of benzene rings is 2. The van der Waals surface area contributed by atoms with Crippen molar-refractivity contribution in [2.45, 2.75) is 11.7 Å². The molecule has 0 fully saturated rings. The first kappa shape index (κ1) is 22.5. The SMILES string of the molecule is O=C(CSc1nc2c(sc(=S)n2Cc2ccco2)c(=O)n1-c1ccc(F)cc1)c1ccccc1. The Bertz CT molecular complexity index is 1590. The van der Waals surface area contributed by atoms with Crippen LogP contribution in [0.5, 0.6) is 0 Å². The van der Waals surface area contributed by atoms with Crippen LogP contribution in [0, 0.1) is 9.77 Å². The van der Waals surface area contributed by atoms with Crippen LogP contribution in [0.1, 0.15) is 16.1 Å². The van der Waals surface area contributed by atoms with Gasteiger partial charge in [0.1, 0.15) is 16.3 Å². The average molecular weight is 510 g/mol. The number of furan rings is 1. The van der Waals surface area contributed by atoms with E-state index in [1.165, 1.54) is 28.8 Å². The highest BCUT2D eigenvalue weighted by molar-refractivity contribution is 7.99. The second-order valence-electron chi connectivity index (χ2n) is 7.28. The molecule has 34 heavy (non-hydrogen) atoms. The minimum absolute atomic E-state index is 0.0756. The van der Waals surface area contributed by atoms with E-state index >= 15 is 0 Å². The number of rotatable bonds is 7. The summed E-state index contributed by atoms with van der Waals surface area (Å²) in [5.41, 5.74) is 1.11. The maximum absolute atomic E-state index is 13.6. The summed E-state index contributed by atoms with van der Waals surface area (Å²) in [5, 5.41) is 0.314. The van der Waals surface area contributed by atoms with E-state index in [9.17, 15) is 14.0 Å². The number of halogens is 1. The number of hydrogen-bond donors (Lipinski definition) is 0. The van der Waals surface area contributed by atoms with Crippen molar-refractivity contribution in [2.75, 3.05) is 5.75 Å². The summed E-state index contributed by atoms with van der Waals surface area (Å²) in [6.45, 7) is 0.325. The van der Waals surface area contributed by atoms with Gasteiger partial charge in [-0.25, -0.2) is 9.37 Å². The smallest absolute Gasteiger partial charge is 0.278 e. The summed E-state index contributed by atoms with van der Waals surface area (Å²) in [7, 11) is 0. The average Bonchev–Trinajstić information content (AvgIpc) is 3.48. The number of fused-ring (bicyclic) bond motifs is 1. The summed E-state index contributed by atoms with van der Waals surface area (Å²) in [6.07, 6.45) is 1.57. The third kappa shape index (κ3) is 4.39. The van der Waals surface area contributed by atoms with E-state index < -0.39 is 5.82 Å². The standard InChI is InChI=1S/C24H16FN3O3S3/c25-16-8-10-17(11-9-16)28-22(30)20-21(27(24(32)34-20)13-18-7-4-12-31-18)26-23(28)33-14-19(29)15-5-2-1-3-6-15/h1-12H,13-14H2. The molecule has 0 atom stereocenters. The van der Waals surface area contributed by atoms with Crippen LogP contribution in [0.25, 0.3) is 16.0 Å². The first-order valence-electron chi connectivity index (χ1n) is 10.2. The number of aromatic nitrogens is 3. The Morgan fingerprint density at radius 3 is 2.56 bits per heavy atom. The molecule has 0 amide bonds. The third-order valence-electron chi connectivity index (χ3n) is 5.07. The monoisotopic (exact) mass is 509 g/mol.